The molecule has 0 radical (unpaired) electrons. The van der Waals surface area contributed by atoms with Gasteiger partial charge in [-0.3, -0.25) is 10.1 Å². The zero-order valence-electron chi connectivity index (χ0n) is 20.3. The van der Waals surface area contributed by atoms with Crippen molar-refractivity contribution in [3.05, 3.63) is 84.0 Å². The van der Waals surface area contributed by atoms with E-state index >= 15 is 0 Å². The van der Waals surface area contributed by atoms with Crippen LogP contribution in [0.4, 0.5) is 8.78 Å². The third-order valence-electron chi connectivity index (χ3n) is 6.72. The van der Waals surface area contributed by atoms with E-state index in [1.807, 2.05) is 72.8 Å². The van der Waals surface area contributed by atoms with Gasteiger partial charge in [-0.2, -0.15) is 8.78 Å². The summed E-state index contributed by atoms with van der Waals surface area (Å²) in [5.74, 6) is 2.08. The lowest BCUT2D eigenvalue weighted by molar-refractivity contribution is -0.195. The van der Waals surface area contributed by atoms with Crippen molar-refractivity contribution in [2.45, 2.75) is 25.4 Å². The van der Waals surface area contributed by atoms with Gasteiger partial charge in [0, 0.05) is 17.6 Å². The van der Waals surface area contributed by atoms with Gasteiger partial charge in [-0.1, -0.05) is 48.6 Å². The number of rotatable bonds is 7. The van der Waals surface area contributed by atoms with Gasteiger partial charge < -0.3 is 14.2 Å². The van der Waals surface area contributed by atoms with Crippen molar-refractivity contribution >= 4 is 5.57 Å². The quantitative estimate of drug-likeness (QED) is 0.386. The van der Waals surface area contributed by atoms with Gasteiger partial charge in [-0.25, -0.2) is 0 Å². The van der Waals surface area contributed by atoms with Crippen molar-refractivity contribution in [3.8, 4) is 39.5 Å². The maximum absolute atomic E-state index is 13.3. The molecule has 0 bridgehead atoms. The number of ether oxygens (including phenoxy) is 4. The van der Waals surface area contributed by atoms with Crippen LogP contribution in [0.2, 0.25) is 0 Å². The Morgan fingerprint density at radius 2 is 1.75 bits per heavy atom. The molecule has 3 aromatic carbocycles. The molecule has 0 saturated heterocycles. The van der Waals surface area contributed by atoms with Crippen LogP contribution in [0.5, 0.6) is 17.2 Å². The first-order valence-corrected chi connectivity index (χ1v) is 11.6. The fourth-order valence-corrected chi connectivity index (χ4v) is 4.99. The van der Waals surface area contributed by atoms with E-state index in [-0.39, 0.29) is 0 Å². The molecule has 0 amide bonds. The Labute approximate surface area is 209 Å². The molecule has 1 aliphatic carbocycles. The van der Waals surface area contributed by atoms with Crippen molar-refractivity contribution in [1.82, 2.24) is 5.32 Å². The van der Waals surface area contributed by atoms with Gasteiger partial charge in [0.15, 0.2) is 17.2 Å². The van der Waals surface area contributed by atoms with Crippen LogP contribution in [0.15, 0.2) is 72.8 Å². The van der Waals surface area contributed by atoms with E-state index in [0.29, 0.717) is 30.1 Å². The molecule has 1 unspecified atom stereocenters. The topological polar surface area (TPSA) is 49.0 Å². The number of nitrogens with one attached hydrogen (secondary N) is 1. The standard InChI is InChI=1S/C29H27F2NO4/c1-32-29(36-28(30)31)14-5-4-8-23(29)19-10-12-22-20(15-19)17-35-25-9-6-7-21(27(22)25)18-11-13-24(33-2)26(16-18)34-3/h4-13,15-16,28,32H,14,17H2,1-3H3. The minimum atomic E-state index is -2.91. The molecule has 5 nitrogen and oxygen atoms in total. The third-order valence-corrected chi connectivity index (χ3v) is 6.72. The van der Waals surface area contributed by atoms with Crippen molar-refractivity contribution in [3.63, 3.8) is 0 Å². The molecule has 1 atom stereocenters. The van der Waals surface area contributed by atoms with Crippen molar-refractivity contribution in [2.75, 3.05) is 21.3 Å². The highest BCUT2D eigenvalue weighted by molar-refractivity contribution is 5.91. The molecule has 186 valence electrons. The number of fused-ring (bicyclic) bond motifs is 3. The van der Waals surface area contributed by atoms with E-state index in [2.05, 4.69) is 5.32 Å². The molecule has 0 fully saturated rings. The Balaban J connectivity index is 1.60. The third kappa shape index (κ3) is 4.14. The molecule has 1 heterocycles. The molecule has 0 saturated carbocycles. The average Bonchev–Trinajstić information content (AvgIpc) is 2.91. The van der Waals surface area contributed by atoms with Crippen LogP contribution in [-0.4, -0.2) is 33.6 Å². The first kappa shape index (κ1) is 24.0. The lowest BCUT2D eigenvalue weighted by Crippen LogP contribution is -2.48. The normalized spacial score (nSPS) is 18.2. The summed E-state index contributed by atoms with van der Waals surface area (Å²) in [5, 5.41) is 2.97. The SMILES string of the molecule is CNC1(OC(F)F)CC=CC=C1c1ccc2c(c1)COc1cccc(-c3ccc(OC)c(OC)c3)c1-2. The largest absolute Gasteiger partial charge is 0.493 e. The van der Waals surface area contributed by atoms with Crippen molar-refractivity contribution in [1.29, 1.82) is 0 Å². The first-order valence-electron chi connectivity index (χ1n) is 11.6. The van der Waals surface area contributed by atoms with Gasteiger partial charge in [0.2, 0.25) is 0 Å². The summed E-state index contributed by atoms with van der Waals surface area (Å²) in [4.78, 5) is 0. The number of hydrogen-bond acceptors (Lipinski definition) is 5. The second-order valence-electron chi connectivity index (χ2n) is 8.58. The van der Waals surface area contributed by atoms with Gasteiger partial charge in [-0.05, 0) is 59.1 Å². The minimum absolute atomic E-state index is 0.291. The van der Waals surface area contributed by atoms with E-state index in [0.717, 1.165) is 39.1 Å². The Morgan fingerprint density at radius 1 is 0.944 bits per heavy atom. The average molecular weight is 492 g/mol. The Bertz CT molecular complexity index is 1350. The Kier molecular flexibility index (Phi) is 6.51. The van der Waals surface area contributed by atoms with E-state index in [9.17, 15) is 8.78 Å². The number of halogens is 2. The lowest BCUT2D eigenvalue weighted by Gasteiger charge is -2.37. The number of hydrogen-bond donors (Lipinski definition) is 1. The zero-order valence-corrected chi connectivity index (χ0v) is 20.3. The van der Waals surface area contributed by atoms with E-state index in [1.54, 1.807) is 21.3 Å². The van der Waals surface area contributed by atoms with E-state index < -0.39 is 12.3 Å². The van der Waals surface area contributed by atoms with Crippen molar-refractivity contribution in [2.24, 2.45) is 0 Å². The highest BCUT2D eigenvalue weighted by Gasteiger charge is 2.38. The number of methoxy groups -OCH3 is 2. The fraction of sp³-hybridized carbons (Fsp3) is 0.241. The van der Waals surface area contributed by atoms with Gasteiger partial charge in [0.1, 0.15) is 12.4 Å². The lowest BCUT2D eigenvalue weighted by atomic mass is 9.84. The second-order valence-corrected chi connectivity index (χ2v) is 8.58. The Hall–Kier alpha value is -3.68. The highest BCUT2D eigenvalue weighted by atomic mass is 19.3. The van der Waals surface area contributed by atoms with Gasteiger partial charge in [-0.15, -0.1) is 0 Å². The number of benzene rings is 3. The van der Waals surface area contributed by atoms with Crippen LogP contribution in [0, 0.1) is 0 Å². The molecule has 1 aliphatic heterocycles. The molecule has 36 heavy (non-hydrogen) atoms. The molecule has 3 aromatic rings. The Morgan fingerprint density at radius 3 is 2.50 bits per heavy atom. The maximum atomic E-state index is 13.3. The van der Waals surface area contributed by atoms with Crippen LogP contribution < -0.4 is 19.5 Å². The smallest absolute Gasteiger partial charge is 0.347 e. The van der Waals surface area contributed by atoms with Crippen LogP contribution in [0.1, 0.15) is 17.5 Å². The summed E-state index contributed by atoms with van der Waals surface area (Å²) in [5.41, 5.74) is 5.05. The molecule has 1 N–H and O–H groups in total. The predicted octanol–water partition coefficient (Wildman–Crippen LogP) is 6.43. The van der Waals surface area contributed by atoms with Gasteiger partial charge in [0.25, 0.3) is 0 Å². The van der Waals surface area contributed by atoms with Gasteiger partial charge >= 0.3 is 6.61 Å². The van der Waals surface area contributed by atoms with Gasteiger partial charge in [0.05, 0.1) is 14.2 Å². The van der Waals surface area contributed by atoms with Crippen LogP contribution in [0.25, 0.3) is 27.8 Å². The minimum Gasteiger partial charge on any atom is -0.493 e. The monoisotopic (exact) mass is 491 g/mol. The maximum Gasteiger partial charge on any atom is 0.347 e. The van der Waals surface area contributed by atoms with E-state index in [4.69, 9.17) is 18.9 Å². The molecular formula is C29H27F2NO4. The van der Waals surface area contributed by atoms with Crippen LogP contribution in [-0.2, 0) is 11.3 Å². The van der Waals surface area contributed by atoms with E-state index in [1.165, 1.54) is 0 Å². The fourth-order valence-electron chi connectivity index (χ4n) is 4.99. The van der Waals surface area contributed by atoms with Crippen LogP contribution >= 0.6 is 0 Å². The summed E-state index contributed by atoms with van der Waals surface area (Å²) in [6.07, 6.45) is 5.78. The molecule has 2 aliphatic rings. The summed E-state index contributed by atoms with van der Waals surface area (Å²) in [6.45, 7) is -2.54. The second kappa shape index (κ2) is 9.76. The molecule has 0 aromatic heterocycles. The summed E-state index contributed by atoms with van der Waals surface area (Å²) < 4.78 is 48.8. The summed E-state index contributed by atoms with van der Waals surface area (Å²) >= 11 is 0. The molecule has 7 heteroatoms. The molecular weight excluding hydrogens is 464 g/mol. The predicted molar refractivity (Wildman–Crippen MR) is 135 cm³/mol. The first-order chi connectivity index (χ1) is 17.5. The summed E-state index contributed by atoms with van der Waals surface area (Å²) in [7, 11) is 4.85. The summed E-state index contributed by atoms with van der Waals surface area (Å²) in [6, 6.07) is 17.7. The highest BCUT2D eigenvalue weighted by Crippen LogP contribution is 2.46. The number of likely N-dealkylation sites (N-methyl/N-ethyl adjacent to an activating group) is 1. The molecule has 5 rings (SSSR count). The zero-order chi connectivity index (χ0) is 25.3. The molecule has 0 spiro atoms. The number of allylic oxidation sites excluding steroid dienone is 2. The number of alkyl halides is 2. The van der Waals surface area contributed by atoms with Crippen molar-refractivity contribution < 1.29 is 27.7 Å². The van der Waals surface area contributed by atoms with Crippen LogP contribution in [0.3, 0.4) is 0 Å².